The van der Waals surface area contributed by atoms with Crippen molar-refractivity contribution in [2.24, 2.45) is 0 Å². The predicted octanol–water partition coefficient (Wildman–Crippen LogP) is 4.02. The van der Waals surface area contributed by atoms with Crippen LogP contribution in [0, 0.1) is 0 Å². The van der Waals surface area contributed by atoms with E-state index in [1.165, 1.54) is 0 Å². The van der Waals surface area contributed by atoms with Crippen molar-refractivity contribution < 1.29 is 8.63 Å². The third-order valence-corrected chi connectivity index (χ3v) is 5.12. The normalized spacial score (nSPS) is 12.7. The minimum Gasteiger partial charge on any atom is -0.440 e. The quantitative estimate of drug-likeness (QED) is 0.731. The largest absolute Gasteiger partial charge is 0.440 e. The van der Waals surface area contributed by atoms with Crippen LogP contribution in [0.2, 0.25) is 10.0 Å². The summed E-state index contributed by atoms with van der Waals surface area (Å²) in [5, 5.41) is 0.724. The lowest BCUT2D eigenvalue weighted by molar-refractivity contribution is 0.552. The fraction of sp³-hybridized carbons (Fsp3) is 0.0714. The maximum absolute atomic E-state index is 12.4. The minimum absolute atomic E-state index is 0.0953. The molecule has 1 atom stereocenters. The van der Waals surface area contributed by atoms with Crippen LogP contribution in [0.5, 0.6) is 0 Å². The van der Waals surface area contributed by atoms with Crippen molar-refractivity contribution in [1.82, 2.24) is 4.98 Å². The number of rotatable bonds is 3. The van der Waals surface area contributed by atoms with E-state index in [4.69, 9.17) is 33.4 Å². The fourth-order valence-electron chi connectivity index (χ4n) is 1.94. The Balaban J connectivity index is 1.93. The first-order valence-corrected chi connectivity index (χ1v) is 8.09. The second-order valence-electron chi connectivity index (χ2n) is 4.38. The number of aromatic nitrogens is 1. The molecule has 21 heavy (non-hydrogen) atoms. The lowest BCUT2D eigenvalue weighted by atomic mass is 10.3. The van der Waals surface area contributed by atoms with Crippen LogP contribution in [0.15, 0.2) is 45.7 Å². The minimum atomic E-state index is -1.44. The van der Waals surface area contributed by atoms with E-state index in [0.717, 1.165) is 0 Å². The molecule has 0 saturated heterocycles. The standard InChI is InChI=1S/C14H10Cl2N2O2S/c15-9-2-1-3-10(16)14(9)21(19)7-13-18-11-5-4-8(17)6-12(11)20-13/h1-6H,7,17H2. The van der Waals surface area contributed by atoms with Gasteiger partial charge < -0.3 is 10.2 Å². The molecule has 2 aromatic carbocycles. The summed E-state index contributed by atoms with van der Waals surface area (Å²) in [6, 6.07) is 10.2. The molecule has 3 aromatic rings. The Bertz CT molecular complexity index is 828. The van der Waals surface area contributed by atoms with E-state index in [9.17, 15) is 4.21 Å². The number of oxazole rings is 1. The number of benzene rings is 2. The van der Waals surface area contributed by atoms with Crippen LogP contribution >= 0.6 is 23.2 Å². The summed E-state index contributed by atoms with van der Waals surface area (Å²) in [7, 11) is -1.44. The maximum atomic E-state index is 12.4. The molecular weight excluding hydrogens is 331 g/mol. The Kier molecular flexibility index (Phi) is 3.89. The van der Waals surface area contributed by atoms with Gasteiger partial charge in [-0.2, -0.15) is 0 Å². The number of fused-ring (bicyclic) bond motifs is 1. The summed E-state index contributed by atoms with van der Waals surface area (Å²) in [5.74, 6) is 0.447. The van der Waals surface area contributed by atoms with Crippen LogP contribution in [-0.2, 0) is 16.6 Å². The zero-order valence-corrected chi connectivity index (χ0v) is 13.0. The second kappa shape index (κ2) is 5.67. The van der Waals surface area contributed by atoms with E-state index in [-0.39, 0.29) is 5.75 Å². The molecule has 0 spiro atoms. The van der Waals surface area contributed by atoms with Crippen molar-refractivity contribution in [3.63, 3.8) is 0 Å². The van der Waals surface area contributed by atoms with Crippen LogP contribution in [0.3, 0.4) is 0 Å². The van der Waals surface area contributed by atoms with Gasteiger partial charge >= 0.3 is 0 Å². The fourth-order valence-corrected chi connectivity index (χ4v) is 3.91. The highest BCUT2D eigenvalue weighted by Crippen LogP contribution is 2.29. The number of nitrogen functional groups attached to an aromatic ring is 1. The van der Waals surface area contributed by atoms with E-state index in [0.29, 0.717) is 37.6 Å². The van der Waals surface area contributed by atoms with E-state index in [2.05, 4.69) is 4.98 Å². The van der Waals surface area contributed by atoms with Crippen molar-refractivity contribution >= 4 is 50.8 Å². The molecule has 3 rings (SSSR count). The van der Waals surface area contributed by atoms with Gasteiger partial charge in [0.25, 0.3) is 0 Å². The summed E-state index contributed by atoms with van der Waals surface area (Å²) >= 11 is 12.1. The third kappa shape index (κ3) is 2.90. The second-order valence-corrected chi connectivity index (χ2v) is 6.58. The zero-order chi connectivity index (χ0) is 15.0. The van der Waals surface area contributed by atoms with E-state index >= 15 is 0 Å². The van der Waals surface area contributed by atoms with Gasteiger partial charge in [0, 0.05) is 11.8 Å². The van der Waals surface area contributed by atoms with Crippen molar-refractivity contribution in [3.8, 4) is 0 Å². The van der Waals surface area contributed by atoms with Gasteiger partial charge in [0.2, 0.25) is 5.89 Å². The topological polar surface area (TPSA) is 69.1 Å². The number of anilines is 1. The molecule has 0 amide bonds. The van der Waals surface area contributed by atoms with E-state index in [1.54, 1.807) is 36.4 Å². The smallest absolute Gasteiger partial charge is 0.208 e. The van der Waals surface area contributed by atoms with Crippen LogP contribution in [0.4, 0.5) is 5.69 Å². The average Bonchev–Trinajstić information content (AvgIpc) is 2.79. The Labute approximate surface area is 133 Å². The van der Waals surface area contributed by atoms with Crippen LogP contribution in [0.1, 0.15) is 5.89 Å². The van der Waals surface area contributed by atoms with Crippen molar-refractivity contribution in [1.29, 1.82) is 0 Å². The molecule has 7 heteroatoms. The Morgan fingerprint density at radius 3 is 2.62 bits per heavy atom. The molecule has 0 radical (unpaired) electrons. The Hall–Kier alpha value is -1.56. The molecule has 1 unspecified atom stereocenters. The number of hydrogen-bond acceptors (Lipinski definition) is 4. The molecule has 4 nitrogen and oxygen atoms in total. The van der Waals surface area contributed by atoms with E-state index < -0.39 is 10.8 Å². The van der Waals surface area contributed by atoms with Gasteiger partial charge in [-0.3, -0.25) is 4.21 Å². The summed E-state index contributed by atoms with van der Waals surface area (Å²) in [4.78, 5) is 4.67. The van der Waals surface area contributed by atoms with Crippen LogP contribution in [0.25, 0.3) is 11.1 Å². The Morgan fingerprint density at radius 2 is 1.90 bits per heavy atom. The number of nitrogens with two attached hydrogens (primary N) is 1. The first-order valence-electron chi connectivity index (χ1n) is 6.02. The molecule has 1 heterocycles. The molecule has 0 aliphatic heterocycles. The van der Waals surface area contributed by atoms with Gasteiger partial charge in [-0.1, -0.05) is 29.3 Å². The molecule has 0 fully saturated rings. The van der Waals surface area contributed by atoms with Crippen LogP contribution in [-0.4, -0.2) is 9.19 Å². The van der Waals surface area contributed by atoms with Crippen molar-refractivity contribution in [2.75, 3.05) is 5.73 Å². The first kappa shape index (κ1) is 14.4. The summed E-state index contributed by atoms with van der Waals surface area (Å²) < 4.78 is 18.0. The highest BCUT2D eigenvalue weighted by Gasteiger charge is 2.16. The molecule has 0 saturated carbocycles. The highest BCUT2D eigenvalue weighted by molar-refractivity contribution is 7.84. The van der Waals surface area contributed by atoms with Gasteiger partial charge in [0.15, 0.2) is 5.58 Å². The molecule has 108 valence electrons. The molecular formula is C14H10Cl2N2O2S. The summed E-state index contributed by atoms with van der Waals surface area (Å²) in [6.45, 7) is 0. The average molecular weight is 341 g/mol. The molecule has 0 bridgehead atoms. The first-order chi connectivity index (χ1) is 10.0. The summed E-state index contributed by atoms with van der Waals surface area (Å²) in [6.07, 6.45) is 0. The zero-order valence-electron chi connectivity index (χ0n) is 10.7. The number of hydrogen-bond donors (Lipinski definition) is 1. The van der Waals surface area contributed by atoms with Gasteiger partial charge in [-0.15, -0.1) is 0 Å². The number of nitrogens with zero attached hydrogens (tertiary/aromatic N) is 1. The van der Waals surface area contributed by atoms with Gasteiger partial charge in [0.1, 0.15) is 11.3 Å². The monoisotopic (exact) mass is 340 g/mol. The van der Waals surface area contributed by atoms with Crippen molar-refractivity contribution in [2.45, 2.75) is 10.6 Å². The van der Waals surface area contributed by atoms with E-state index in [1.807, 2.05) is 0 Å². The van der Waals surface area contributed by atoms with Crippen LogP contribution < -0.4 is 5.73 Å². The predicted molar refractivity (Wildman–Crippen MR) is 85.0 cm³/mol. The maximum Gasteiger partial charge on any atom is 0.208 e. The van der Waals surface area contributed by atoms with Gasteiger partial charge in [0.05, 0.1) is 25.7 Å². The Morgan fingerprint density at radius 1 is 1.19 bits per heavy atom. The molecule has 0 aliphatic carbocycles. The molecule has 0 aliphatic rings. The lowest BCUT2D eigenvalue weighted by Gasteiger charge is -2.04. The van der Waals surface area contributed by atoms with Gasteiger partial charge in [-0.25, -0.2) is 4.98 Å². The lowest BCUT2D eigenvalue weighted by Crippen LogP contribution is -1.98. The SMILES string of the molecule is Nc1ccc2nc(CS(=O)c3c(Cl)cccc3Cl)oc2c1. The van der Waals surface area contributed by atoms with Gasteiger partial charge in [-0.05, 0) is 24.3 Å². The third-order valence-electron chi connectivity index (χ3n) is 2.86. The number of halogens is 2. The van der Waals surface area contributed by atoms with Crippen molar-refractivity contribution in [3.05, 3.63) is 52.3 Å². The molecule has 1 aromatic heterocycles. The molecule has 2 N–H and O–H groups in total. The summed E-state index contributed by atoms with van der Waals surface area (Å²) in [5.41, 5.74) is 7.50. The highest BCUT2D eigenvalue weighted by atomic mass is 35.5.